The SMILES string of the molecule is CCCC(CN)N1CCN(S(=O)(=O)NCCOC)CC1. The standard InChI is InChI=1S/C12H28N4O3S/c1-3-4-12(11-13)15-6-8-16(9-7-15)20(17,18)14-5-10-19-2/h12,14H,3-11,13H2,1-2H3. The third kappa shape index (κ3) is 5.27. The first kappa shape index (κ1) is 17.8. The largest absolute Gasteiger partial charge is 0.383 e. The summed E-state index contributed by atoms with van der Waals surface area (Å²) >= 11 is 0. The van der Waals surface area contributed by atoms with Gasteiger partial charge in [-0.1, -0.05) is 13.3 Å². The molecular formula is C12H28N4O3S. The summed E-state index contributed by atoms with van der Waals surface area (Å²) in [7, 11) is -1.83. The van der Waals surface area contributed by atoms with Crippen molar-refractivity contribution in [1.29, 1.82) is 0 Å². The molecule has 0 bridgehead atoms. The summed E-state index contributed by atoms with van der Waals surface area (Å²) in [6, 6.07) is 0.367. The van der Waals surface area contributed by atoms with Gasteiger partial charge >= 0.3 is 0 Å². The van der Waals surface area contributed by atoms with Crippen LogP contribution in [0.4, 0.5) is 0 Å². The third-order valence-electron chi connectivity index (χ3n) is 3.61. The highest BCUT2D eigenvalue weighted by atomic mass is 32.2. The maximum atomic E-state index is 12.0. The van der Waals surface area contributed by atoms with Crippen LogP contribution < -0.4 is 10.5 Å². The number of hydrogen-bond donors (Lipinski definition) is 2. The number of nitrogens with one attached hydrogen (secondary N) is 1. The molecule has 1 heterocycles. The Kier molecular flexibility index (Phi) is 7.93. The number of ether oxygens (including phenoxy) is 1. The number of hydrogen-bond acceptors (Lipinski definition) is 5. The molecule has 0 aromatic heterocycles. The van der Waals surface area contributed by atoms with Crippen molar-refractivity contribution < 1.29 is 13.2 Å². The van der Waals surface area contributed by atoms with Crippen LogP contribution in [-0.4, -0.2) is 76.6 Å². The quantitative estimate of drug-likeness (QED) is 0.545. The smallest absolute Gasteiger partial charge is 0.279 e. The molecule has 0 aromatic carbocycles. The zero-order valence-corrected chi connectivity index (χ0v) is 13.4. The van der Waals surface area contributed by atoms with Gasteiger partial charge in [0.15, 0.2) is 0 Å². The third-order valence-corrected chi connectivity index (χ3v) is 5.23. The van der Waals surface area contributed by atoms with Crippen LogP contribution in [0, 0.1) is 0 Å². The highest BCUT2D eigenvalue weighted by Gasteiger charge is 2.28. The fourth-order valence-electron chi connectivity index (χ4n) is 2.46. The Morgan fingerprint density at radius 3 is 2.45 bits per heavy atom. The fraction of sp³-hybridized carbons (Fsp3) is 1.00. The minimum atomic E-state index is -3.38. The van der Waals surface area contributed by atoms with Crippen LogP contribution in [0.1, 0.15) is 19.8 Å². The lowest BCUT2D eigenvalue weighted by Crippen LogP contribution is -2.55. The van der Waals surface area contributed by atoms with Gasteiger partial charge in [0.1, 0.15) is 0 Å². The molecule has 0 aromatic rings. The van der Waals surface area contributed by atoms with Crippen LogP contribution in [0.3, 0.4) is 0 Å². The van der Waals surface area contributed by atoms with Crippen LogP contribution in [0.15, 0.2) is 0 Å². The van der Waals surface area contributed by atoms with Crippen molar-refractivity contribution in [2.45, 2.75) is 25.8 Å². The molecule has 0 radical (unpaired) electrons. The van der Waals surface area contributed by atoms with Gasteiger partial charge in [0.05, 0.1) is 6.61 Å². The van der Waals surface area contributed by atoms with Crippen LogP contribution >= 0.6 is 0 Å². The summed E-state index contributed by atoms with van der Waals surface area (Å²) < 4.78 is 33.0. The van der Waals surface area contributed by atoms with E-state index in [2.05, 4.69) is 16.5 Å². The number of nitrogens with two attached hydrogens (primary N) is 1. The molecule has 3 N–H and O–H groups in total. The first-order valence-corrected chi connectivity index (χ1v) is 8.67. The van der Waals surface area contributed by atoms with Gasteiger partial charge in [-0.3, -0.25) is 4.90 Å². The van der Waals surface area contributed by atoms with E-state index in [1.165, 1.54) is 4.31 Å². The summed E-state index contributed by atoms with van der Waals surface area (Å²) in [4.78, 5) is 2.30. The summed E-state index contributed by atoms with van der Waals surface area (Å²) in [6.07, 6.45) is 2.16. The molecule has 7 nitrogen and oxygen atoms in total. The zero-order valence-electron chi connectivity index (χ0n) is 12.5. The van der Waals surface area contributed by atoms with Gasteiger partial charge in [-0.25, -0.2) is 0 Å². The lowest BCUT2D eigenvalue weighted by atomic mass is 10.1. The van der Waals surface area contributed by atoms with Crippen molar-refractivity contribution >= 4 is 10.2 Å². The first-order chi connectivity index (χ1) is 9.55. The maximum Gasteiger partial charge on any atom is 0.279 e. The van der Waals surface area contributed by atoms with E-state index in [9.17, 15) is 8.42 Å². The van der Waals surface area contributed by atoms with Crippen LogP contribution in [0.2, 0.25) is 0 Å². The average molecular weight is 308 g/mol. The van der Waals surface area contributed by atoms with Gasteiger partial charge in [0.2, 0.25) is 0 Å². The van der Waals surface area contributed by atoms with Crippen LogP contribution in [0.5, 0.6) is 0 Å². The number of nitrogens with zero attached hydrogens (tertiary/aromatic N) is 2. The molecule has 20 heavy (non-hydrogen) atoms. The van der Waals surface area contributed by atoms with Crippen molar-refractivity contribution in [2.75, 3.05) is 53.0 Å². The van der Waals surface area contributed by atoms with E-state index >= 15 is 0 Å². The highest BCUT2D eigenvalue weighted by Crippen LogP contribution is 2.12. The molecule has 0 amide bonds. The van der Waals surface area contributed by atoms with E-state index in [0.717, 1.165) is 25.9 Å². The first-order valence-electron chi connectivity index (χ1n) is 7.23. The van der Waals surface area contributed by atoms with Crippen molar-refractivity contribution in [3.63, 3.8) is 0 Å². The van der Waals surface area contributed by atoms with Crippen molar-refractivity contribution in [3.8, 4) is 0 Å². The molecule has 0 aliphatic carbocycles. The van der Waals surface area contributed by atoms with Crippen molar-refractivity contribution in [2.24, 2.45) is 5.73 Å². The Labute approximate surface area is 122 Å². The molecule has 8 heteroatoms. The zero-order chi connectivity index (χ0) is 15.0. The lowest BCUT2D eigenvalue weighted by molar-refractivity contribution is 0.132. The molecule has 1 unspecified atom stereocenters. The van der Waals surface area contributed by atoms with E-state index in [0.29, 0.717) is 38.8 Å². The lowest BCUT2D eigenvalue weighted by Gasteiger charge is -2.38. The Morgan fingerprint density at radius 2 is 1.95 bits per heavy atom. The van der Waals surface area contributed by atoms with E-state index < -0.39 is 10.2 Å². The molecule has 1 aliphatic heterocycles. The number of piperazine rings is 1. The van der Waals surface area contributed by atoms with E-state index in [1.807, 2.05) is 0 Å². The second kappa shape index (κ2) is 8.91. The summed E-state index contributed by atoms with van der Waals surface area (Å²) in [5, 5.41) is 0. The predicted molar refractivity (Wildman–Crippen MR) is 79.7 cm³/mol. The Balaban J connectivity index is 2.44. The van der Waals surface area contributed by atoms with E-state index in [-0.39, 0.29) is 0 Å². The Morgan fingerprint density at radius 1 is 1.30 bits per heavy atom. The topological polar surface area (TPSA) is 87.9 Å². The van der Waals surface area contributed by atoms with Gasteiger partial charge in [0.25, 0.3) is 10.2 Å². The molecular weight excluding hydrogens is 280 g/mol. The second-order valence-electron chi connectivity index (χ2n) is 5.01. The monoisotopic (exact) mass is 308 g/mol. The maximum absolute atomic E-state index is 12.0. The van der Waals surface area contributed by atoms with Crippen LogP contribution in [-0.2, 0) is 14.9 Å². The van der Waals surface area contributed by atoms with Gasteiger partial charge in [-0.2, -0.15) is 17.4 Å². The summed E-state index contributed by atoms with van der Waals surface area (Å²) in [5.41, 5.74) is 5.79. The molecule has 0 saturated carbocycles. The highest BCUT2D eigenvalue weighted by molar-refractivity contribution is 7.87. The average Bonchev–Trinajstić information content (AvgIpc) is 2.45. The number of methoxy groups -OCH3 is 1. The van der Waals surface area contributed by atoms with Crippen molar-refractivity contribution in [1.82, 2.24) is 13.9 Å². The van der Waals surface area contributed by atoms with Gasteiger partial charge in [-0.05, 0) is 6.42 Å². The number of rotatable bonds is 9. The van der Waals surface area contributed by atoms with E-state index in [1.54, 1.807) is 7.11 Å². The minimum absolute atomic E-state index is 0.306. The summed E-state index contributed by atoms with van der Waals surface area (Å²) in [5.74, 6) is 0. The van der Waals surface area contributed by atoms with Crippen molar-refractivity contribution in [3.05, 3.63) is 0 Å². The van der Waals surface area contributed by atoms with Gasteiger partial charge in [-0.15, -0.1) is 0 Å². The molecule has 1 saturated heterocycles. The summed E-state index contributed by atoms with van der Waals surface area (Å²) in [6.45, 7) is 5.98. The molecule has 120 valence electrons. The molecule has 1 atom stereocenters. The Bertz CT molecular complexity index is 356. The van der Waals surface area contributed by atoms with Crippen LogP contribution in [0.25, 0.3) is 0 Å². The van der Waals surface area contributed by atoms with E-state index in [4.69, 9.17) is 10.5 Å². The second-order valence-corrected chi connectivity index (χ2v) is 6.76. The predicted octanol–water partition coefficient (Wildman–Crippen LogP) is -0.788. The Hall–Kier alpha value is -0.250. The van der Waals surface area contributed by atoms with Gasteiger partial charge in [0, 0.05) is 52.4 Å². The molecule has 1 fully saturated rings. The molecule has 1 aliphatic rings. The molecule has 1 rings (SSSR count). The normalized spacial score (nSPS) is 20.1. The fourth-order valence-corrected chi connectivity index (χ4v) is 3.62. The molecule has 0 spiro atoms. The van der Waals surface area contributed by atoms with Gasteiger partial charge < -0.3 is 10.5 Å². The minimum Gasteiger partial charge on any atom is -0.383 e.